The van der Waals surface area contributed by atoms with E-state index in [4.69, 9.17) is 19.0 Å². The molecule has 2 rings (SSSR count). The van der Waals surface area contributed by atoms with Gasteiger partial charge in [0.05, 0.1) is 25.9 Å². The van der Waals surface area contributed by atoms with Crippen LogP contribution in [0, 0.1) is 5.92 Å². The second-order valence-corrected chi connectivity index (χ2v) is 8.43. The quantitative estimate of drug-likeness (QED) is 0.380. The number of hydroxylamine groups is 2. The van der Waals surface area contributed by atoms with Gasteiger partial charge in [-0.25, -0.2) is 4.79 Å². The van der Waals surface area contributed by atoms with Gasteiger partial charge in [-0.2, -0.15) is 5.06 Å². The third kappa shape index (κ3) is 3.67. The maximum absolute atomic E-state index is 11.7. The topological polar surface area (TPSA) is 83.5 Å². The number of hydrogen-bond donors (Lipinski definition) is 0. The SMILES string of the molecule is CCC1(OC(=O)OC=O)COC2(CC(C)(CC)N(OC)C(C)(CC)C2C)OC1. The molecule has 0 aromatic rings. The molecule has 8 heteroatoms. The smallest absolute Gasteiger partial charge is 0.422 e. The van der Waals surface area contributed by atoms with Crippen LogP contribution < -0.4 is 0 Å². The van der Waals surface area contributed by atoms with Gasteiger partial charge in [0.25, 0.3) is 0 Å². The van der Waals surface area contributed by atoms with E-state index in [0.29, 0.717) is 12.8 Å². The van der Waals surface area contributed by atoms with E-state index >= 15 is 0 Å². The summed E-state index contributed by atoms with van der Waals surface area (Å²) in [4.78, 5) is 27.9. The van der Waals surface area contributed by atoms with Crippen molar-refractivity contribution in [2.45, 2.75) is 89.7 Å². The van der Waals surface area contributed by atoms with Gasteiger partial charge < -0.3 is 23.8 Å². The average Bonchev–Trinajstić information content (AvgIpc) is 2.68. The van der Waals surface area contributed by atoms with Crippen LogP contribution in [0.5, 0.6) is 0 Å². The first-order valence-electron chi connectivity index (χ1n) is 10.1. The van der Waals surface area contributed by atoms with E-state index in [2.05, 4.69) is 44.4 Å². The summed E-state index contributed by atoms with van der Waals surface area (Å²) in [7, 11) is 1.71. The molecule has 0 aromatic heterocycles. The van der Waals surface area contributed by atoms with Gasteiger partial charge in [-0.15, -0.1) is 0 Å². The lowest BCUT2D eigenvalue weighted by molar-refractivity contribution is -0.409. The fourth-order valence-electron chi connectivity index (χ4n) is 4.69. The van der Waals surface area contributed by atoms with Crippen LogP contribution in [0.2, 0.25) is 0 Å². The van der Waals surface area contributed by atoms with E-state index in [1.807, 2.05) is 6.92 Å². The lowest BCUT2D eigenvalue weighted by Gasteiger charge is -2.64. The van der Waals surface area contributed by atoms with Crippen molar-refractivity contribution in [2.75, 3.05) is 20.3 Å². The van der Waals surface area contributed by atoms with E-state index in [9.17, 15) is 9.59 Å². The summed E-state index contributed by atoms with van der Waals surface area (Å²) in [5.41, 5.74) is -1.56. The van der Waals surface area contributed by atoms with Crippen molar-refractivity contribution in [3.8, 4) is 0 Å². The van der Waals surface area contributed by atoms with E-state index < -0.39 is 17.5 Å². The Balaban J connectivity index is 2.31. The Labute approximate surface area is 167 Å². The minimum Gasteiger partial charge on any atom is -0.422 e. The van der Waals surface area contributed by atoms with E-state index in [1.54, 1.807) is 7.11 Å². The van der Waals surface area contributed by atoms with E-state index in [-0.39, 0.29) is 36.7 Å². The van der Waals surface area contributed by atoms with Crippen molar-refractivity contribution >= 4 is 12.6 Å². The molecular weight excluding hydrogens is 366 g/mol. The van der Waals surface area contributed by atoms with Crippen LogP contribution >= 0.6 is 0 Å². The van der Waals surface area contributed by atoms with Gasteiger partial charge in [0, 0.05) is 17.9 Å². The van der Waals surface area contributed by atoms with E-state index in [0.717, 1.165) is 12.8 Å². The largest absolute Gasteiger partial charge is 0.516 e. The normalized spacial score (nSPS) is 41.6. The number of ether oxygens (including phenoxy) is 4. The molecule has 2 heterocycles. The molecule has 0 N–H and O–H groups in total. The Morgan fingerprint density at radius 1 is 1.14 bits per heavy atom. The Morgan fingerprint density at radius 3 is 2.18 bits per heavy atom. The highest BCUT2D eigenvalue weighted by molar-refractivity contribution is 5.69. The fourth-order valence-corrected chi connectivity index (χ4v) is 4.69. The number of carbonyl (C=O) groups excluding carboxylic acids is 2. The average molecular weight is 402 g/mol. The summed E-state index contributed by atoms with van der Waals surface area (Å²) >= 11 is 0. The van der Waals surface area contributed by atoms with Crippen molar-refractivity contribution in [3.63, 3.8) is 0 Å². The van der Waals surface area contributed by atoms with Crippen LogP contribution in [-0.2, 0) is 28.6 Å². The molecule has 2 fully saturated rings. The maximum Gasteiger partial charge on any atom is 0.516 e. The molecule has 3 unspecified atom stereocenters. The summed E-state index contributed by atoms with van der Waals surface area (Å²) in [6.45, 7) is 13.0. The number of rotatable bonds is 6. The summed E-state index contributed by atoms with van der Waals surface area (Å²) in [6.07, 6.45) is 1.77. The molecular formula is C20H35NO7. The lowest BCUT2D eigenvalue weighted by atomic mass is 9.67. The molecule has 0 aliphatic carbocycles. The molecule has 2 saturated heterocycles. The Bertz CT molecular complexity index is 575. The molecule has 0 saturated carbocycles. The van der Waals surface area contributed by atoms with Crippen LogP contribution in [0.3, 0.4) is 0 Å². The summed E-state index contributed by atoms with van der Waals surface area (Å²) < 4.78 is 22.4. The second-order valence-electron chi connectivity index (χ2n) is 8.43. The lowest BCUT2D eigenvalue weighted by Crippen LogP contribution is -2.74. The highest BCUT2D eigenvalue weighted by Crippen LogP contribution is 2.53. The predicted octanol–water partition coefficient (Wildman–Crippen LogP) is 3.43. The summed E-state index contributed by atoms with van der Waals surface area (Å²) in [5.74, 6) is -0.817. The van der Waals surface area contributed by atoms with Crippen molar-refractivity contribution in [1.29, 1.82) is 0 Å². The first-order valence-corrected chi connectivity index (χ1v) is 10.1. The molecule has 2 aliphatic rings. The van der Waals surface area contributed by atoms with Gasteiger partial charge >= 0.3 is 12.6 Å². The van der Waals surface area contributed by atoms with Crippen molar-refractivity contribution in [2.24, 2.45) is 5.92 Å². The Kier molecular flexibility index (Phi) is 6.80. The minimum absolute atomic E-state index is 0.00126. The molecule has 8 nitrogen and oxygen atoms in total. The molecule has 3 atom stereocenters. The highest BCUT2D eigenvalue weighted by Gasteiger charge is 2.63. The number of piperidine rings is 1. The monoisotopic (exact) mass is 401 g/mol. The highest BCUT2D eigenvalue weighted by atomic mass is 16.8. The predicted molar refractivity (Wildman–Crippen MR) is 101 cm³/mol. The minimum atomic E-state index is -1.04. The fraction of sp³-hybridized carbons (Fsp3) is 0.900. The molecule has 0 radical (unpaired) electrons. The number of hydrogen-bond acceptors (Lipinski definition) is 8. The molecule has 2 aliphatic heterocycles. The van der Waals surface area contributed by atoms with Gasteiger partial charge in [0.1, 0.15) is 0 Å². The van der Waals surface area contributed by atoms with Gasteiger partial charge in [-0.3, -0.25) is 4.79 Å². The van der Waals surface area contributed by atoms with Gasteiger partial charge in [0.2, 0.25) is 0 Å². The van der Waals surface area contributed by atoms with Crippen LogP contribution in [0.15, 0.2) is 0 Å². The van der Waals surface area contributed by atoms with Crippen molar-refractivity contribution < 1.29 is 33.4 Å². The first kappa shape index (κ1) is 23.1. The van der Waals surface area contributed by atoms with Gasteiger partial charge in [0.15, 0.2) is 11.4 Å². The Morgan fingerprint density at radius 2 is 1.75 bits per heavy atom. The second kappa shape index (κ2) is 8.26. The first-order chi connectivity index (χ1) is 13.1. The van der Waals surface area contributed by atoms with Crippen LogP contribution in [0.25, 0.3) is 0 Å². The van der Waals surface area contributed by atoms with Crippen LogP contribution in [-0.4, -0.2) is 60.5 Å². The molecule has 0 amide bonds. The zero-order valence-electron chi connectivity index (χ0n) is 18.2. The standard InChI is InChI=1S/C20H35NO7/c1-8-17(5)11-20(15(4)18(6,9-2)21(17)24-7)26-12-19(10-3,13-27-20)28-16(23)25-14-22/h14-15H,8-13H2,1-7H3. The zero-order valence-corrected chi connectivity index (χ0v) is 18.2. The summed E-state index contributed by atoms with van der Waals surface area (Å²) in [5, 5.41) is 2.10. The number of nitrogens with zero attached hydrogens (tertiary/aromatic N) is 1. The molecule has 28 heavy (non-hydrogen) atoms. The molecule has 0 bridgehead atoms. The van der Waals surface area contributed by atoms with Crippen molar-refractivity contribution in [1.82, 2.24) is 5.06 Å². The van der Waals surface area contributed by atoms with Gasteiger partial charge in [-0.1, -0.05) is 27.7 Å². The van der Waals surface area contributed by atoms with Gasteiger partial charge in [-0.05, 0) is 33.1 Å². The Hall–Kier alpha value is -1.22. The van der Waals surface area contributed by atoms with Crippen LogP contribution in [0.4, 0.5) is 4.79 Å². The number of carbonyl (C=O) groups is 2. The molecule has 0 aromatic carbocycles. The van der Waals surface area contributed by atoms with E-state index in [1.165, 1.54) is 0 Å². The molecule has 1 spiro atoms. The van der Waals surface area contributed by atoms with Crippen LogP contribution in [0.1, 0.15) is 67.2 Å². The maximum atomic E-state index is 11.7. The zero-order chi connectivity index (χ0) is 21.2. The third-order valence-electron chi connectivity index (χ3n) is 7.08. The van der Waals surface area contributed by atoms with Crippen molar-refractivity contribution in [3.05, 3.63) is 0 Å². The molecule has 162 valence electrons. The third-order valence-corrected chi connectivity index (χ3v) is 7.08. The summed E-state index contributed by atoms with van der Waals surface area (Å²) in [6, 6.07) is 0.